The first-order valence-electron chi connectivity index (χ1n) is 8.80. The summed E-state index contributed by atoms with van der Waals surface area (Å²) >= 11 is 9.55. The molecule has 3 aromatic rings. The summed E-state index contributed by atoms with van der Waals surface area (Å²) in [6.45, 7) is 1.93. The van der Waals surface area contributed by atoms with E-state index < -0.39 is 0 Å². The van der Waals surface area contributed by atoms with Crippen molar-refractivity contribution in [2.75, 3.05) is 12.3 Å². The monoisotopic (exact) mass is 540 g/mol. The number of hydrogen-bond acceptors (Lipinski definition) is 5. The summed E-state index contributed by atoms with van der Waals surface area (Å²) in [4.78, 5) is 23.7. The third-order valence-electron chi connectivity index (χ3n) is 4.01. The van der Waals surface area contributed by atoms with Crippen molar-refractivity contribution < 1.29 is 9.59 Å². The molecule has 0 fully saturated rings. The van der Waals surface area contributed by atoms with Crippen LogP contribution in [0.3, 0.4) is 0 Å². The van der Waals surface area contributed by atoms with Gasteiger partial charge >= 0.3 is 0 Å². The molecule has 1 heterocycles. The Kier molecular flexibility index (Phi) is 7.68. The van der Waals surface area contributed by atoms with Crippen LogP contribution in [0.2, 0.25) is 5.02 Å². The van der Waals surface area contributed by atoms with Crippen LogP contribution in [-0.2, 0) is 11.2 Å². The van der Waals surface area contributed by atoms with Crippen molar-refractivity contribution in [3.8, 4) is 5.69 Å². The fourth-order valence-electron chi connectivity index (χ4n) is 2.60. The van der Waals surface area contributed by atoms with Gasteiger partial charge in [-0.15, -0.1) is 10.2 Å². The Morgan fingerprint density at radius 1 is 1.10 bits per heavy atom. The summed E-state index contributed by atoms with van der Waals surface area (Å²) in [5, 5.41) is 12.5. The zero-order valence-electron chi connectivity index (χ0n) is 15.6. The van der Waals surface area contributed by atoms with E-state index >= 15 is 0 Å². The highest BCUT2D eigenvalue weighted by Gasteiger charge is 2.16. The Bertz CT molecular complexity index is 1010. The summed E-state index contributed by atoms with van der Waals surface area (Å²) < 4.78 is 2.97. The van der Waals surface area contributed by atoms with Gasteiger partial charge in [-0.05, 0) is 59.0 Å². The predicted octanol–water partition coefficient (Wildman–Crippen LogP) is 4.18. The van der Waals surface area contributed by atoms with Crippen molar-refractivity contribution in [3.63, 3.8) is 0 Å². The van der Waals surface area contributed by atoms with Gasteiger partial charge in [0.25, 0.3) is 0 Å². The second-order valence-corrected chi connectivity index (χ2v) is 8.79. The van der Waals surface area contributed by atoms with Gasteiger partial charge in [0.05, 0.1) is 5.75 Å². The van der Waals surface area contributed by atoms with Crippen LogP contribution in [0.5, 0.6) is 0 Å². The maximum absolute atomic E-state index is 12.5. The first kappa shape index (κ1) is 21.8. The van der Waals surface area contributed by atoms with Crippen molar-refractivity contribution in [1.29, 1.82) is 0 Å². The highest BCUT2D eigenvalue weighted by atomic mass is 127. The molecule has 1 N–H and O–H groups in total. The van der Waals surface area contributed by atoms with E-state index in [2.05, 4.69) is 38.1 Å². The molecule has 0 bridgehead atoms. The maximum atomic E-state index is 12.5. The molecule has 0 saturated heterocycles. The Morgan fingerprint density at radius 3 is 2.45 bits per heavy atom. The van der Waals surface area contributed by atoms with Gasteiger partial charge in [0.2, 0.25) is 5.91 Å². The number of thioether (sulfide) groups is 1. The number of nitrogens with one attached hydrogen (secondary N) is 1. The van der Waals surface area contributed by atoms with Crippen LogP contribution in [0, 0.1) is 3.57 Å². The Hall–Kier alpha value is -1.91. The fraction of sp³-hybridized carbons (Fsp3) is 0.200. The molecule has 0 spiro atoms. The van der Waals surface area contributed by atoms with Gasteiger partial charge in [-0.1, -0.05) is 35.5 Å². The molecule has 0 aliphatic heterocycles. The number of amides is 1. The highest BCUT2D eigenvalue weighted by Crippen LogP contribution is 2.24. The van der Waals surface area contributed by atoms with Gasteiger partial charge in [-0.25, -0.2) is 0 Å². The second-order valence-electron chi connectivity index (χ2n) is 6.16. The molecule has 0 saturated carbocycles. The van der Waals surface area contributed by atoms with Crippen molar-refractivity contribution in [2.45, 2.75) is 18.5 Å². The normalized spacial score (nSPS) is 10.7. The van der Waals surface area contributed by atoms with E-state index in [1.54, 1.807) is 12.1 Å². The second kappa shape index (κ2) is 10.2. The van der Waals surface area contributed by atoms with Crippen molar-refractivity contribution in [3.05, 3.63) is 68.5 Å². The Labute approximate surface area is 191 Å². The quantitative estimate of drug-likeness (QED) is 0.264. The molecular weight excluding hydrogens is 523 g/mol. The lowest BCUT2D eigenvalue weighted by Crippen LogP contribution is -2.23. The molecule has 0 unspecified atom stereocenters. The van der Waals surface area contributed by atoms with Crippen LogP contribution >= 0.6 is 46.0 Å². The average molecular weight is 541 g/mol. The van der Waals surface area contributed by atoms with E-state index in [9.17, 15) is 9.59 Å². The molecule has 0 atom stereocenters. The van der Waals surface area contributed by atoms with Crippen LogP contribution < -0.4 is 5.32 Å². The van der Waals surface area contributed by atoms with Gasteiger partial charge < -0.3 is 5.32 Å². The van der Waals surface area contributed by atoms with Gasteiger partial charge in [-0.2, -0.15) is 0 Å². The predicted molar refractivity (Wildman–Crippen MR) is 123 cm³/mol. The molecule has 6 nitrogen and oxygen atoms in total. The van der Waals surface area contributed by atoms with Crippen LogP contribution in [0.4, 0.5) is 0 Å². The average Bonchev–Trinajstić information content (AvgIpc) is 3.10. The smallest absolute Gasteiger partial charge is 0.216 e. The molecule has 0 radical (unpaired) electrons. The largest absolute Gasteiger partial charge is 0.356 e. The number of ketones is 1. The Balaban J connectivity index is 1.80. The minimum absolute atomic E-state index is 0.0249. The summed E-state index contributed by atoms with van der Waals surface area (Å²) in [5.74, 6) is 0.875. The molecule has 0 aliphatic rings. The van der Waals surface area contributed by atoms with Gasteiger partial charge in [0.15, 0.2) is 10.9 Å². The topological polar surface area (TPSA) is 76.9 Å². The fourth-order valence-corrected chi connectivity index (χ4v) is 3.96. The van der Waals surface area contributed by atoms with E-state index in [1.165, 1.54) is 18.7 Å². The SMILES string of the molecule is CC(=O)NCCc1nnc(SCC(=O)c2ccc(I)cc2)n1-c1ccc(Cl)cc1. The molecule has 3 rings (SSSR count). The third kappa shape index (κ3) is 6.03. The number of halogens is 2. The van der Waals surface area contributed by atoms with Crippen molar-refractivity contribution in [1.82, 2.24) is 20.1 Å². The highest BCUT2D eigenvalue weighted by molar-refractivity contribution is 14.1. The first-order valence-corrected chi connectivity index (χ1v) is 11.2. The molecule has 1 aromatic heterocycles. The number of benzene rings is 2. The molecule has 9 heteroatoms. The molecular formula is C20H18ClIN4O2S. The standard InChI is InChI=1S/C20H18ClIN4O2S/c1-13(27)23-11-10-19-24-25-20(26(19)17-8-4-15(21)5-9-17)29-12-18(28)14-2-6-16(22)7-3-14/h2-9H,10-12H2,1H3,(H,23,27). The molecule has 2 aromatic carbocycles. The van der Waals surface area contributed by atoms with Crippen LogP contribution in [-0.4, -0.2) is 38.8 Å². The lowest BCUT2D eigenvalue weighted by atomic mass is 10.2. The summed E-state index contributed by atoms with van der Waals surface area (Å²) in [5.41, 5.74) is 1.52. The zero-order chi connectivity index (χ0) is 20.8. The number of aromatic nitrogens is 3. The summed E-state index contributed by atoms with van der Waals surface area (Å²) in [6.07, 6.45) is 0.515. The van der Waals surface area contributed by atoms with Gasteiger partial charge in [0.1, 0.15) is 5.82 Å². The third-order valence-corrected chi connectivity index (χ3v) is 5.91. The molecule has 29 heavy (non-hydrogen) atoms. The number of nitrogens with zero attached hydrogens (tertiary/aromatic N) is 3. The van der Waals surface area contributed by atoms with Crippen molar-refractivity contribution >= 4 is 57.6 Å². The molecule has 1 amide bonds. The van der Waals surface area contributed by atoms with E-state index in [0.717, 1.165) is 9.26 Å². The van der Waals surface area contributed by atoms with E-state index in [4.69, 9.17) is 11.6 Å². The number of carbonyl (C=O) groups is 2. The molecule has 150 valence electrons. The van der Waals surface area contributed by atoms with E-state index in [-0.39, 0.29) is 17.4 Å². The van der Waals surface area contributed by atoms with Crippen LogP contribution in [0.15, 0.2) is 53.7 Å². The zero-order valence-corrected chi connectivity index (χ0v) is 19.3. The molecule has 0 aliphatic carbocycles. The summed E-state index contributed by atoms with van der Waals surface area (Å²) in [7, 11) is 0. The van der Waals surface area contributed by atoms with Crippen LogP contribution in [0.25, 0.3) is 5.69 Å². The van der Waals surface area contributed by atoms with Gasteiger partial charge in [-0.3, -0.25) is 14.2 Å². The van der Waals surface area contributed by atoms with Crippen molar-refractivity contribution in [2.24, 2.45) is 0 Å². The lowest BCUT2D eigenvalue weighted by Gasteiger charge is -2.10. The Morgan fingerprint density at radius 2 is 1.79 bits per heavy atom. The minimum atomic E-state index is -0.0970. The minimum Gasteiger partial charge on any atom is -0.356 e. The number of hydrogen-bond donors (Lipinski definition) is 1. The van der Waals surface area contributed by atoms with E-state index in [1.807, 2.05) is 41.0 Å². The number of Topliss-reactive ketones (excluding diaryl/α,β-unsaturated/α-hetero) is 1. The number of rotatable bonds is 8. The maximum Gasteiger partial charge on any atom is 0.216 e. The first-order chi connectivity index (χ1) is 13.9. The van der Waals surface area contributed by atoms with Gasteiger partial charge in [0, 0.05) is 39.7 Å². The van der Waals surface area contributed by atoms with E-state index in [0.29, 0.717) is 34.5 Å². The number of carbonyl (C=O) groups excluding carboxylic acids is 2. The lowest BCUT2D eigenvalue weighted by molar-refractivity contribution is -0.118. The summed E-state index contributed by atoms with van der Waals surface area (Å²) in [6, 6.07) is 14.8. The van der Waals surface area contributed by atoms with Crippen LogP contribution in [0.1, 0.15) is 23.1 Å².